The van der Waals surface area contributed by atoms with Crippen molar-refractivity contribution in [3.8, 4) is 0 Å². The van der Waals surface area contributed by atoms with Crippen LogP contribution < -0.4 is 5.32 Å². The fourth-order valence-corrected chi connectivity index (χ4v) is 8.97. The van der Waals surface area contributed by atoms with Crippen LogP contribution in [0.4, 0.5) is 0 Å². The van der Waals surface area contributed by atoms with E-state index in [2.05, 4.69) is 78.1 Å². The van der Waals surface area contributed by atoms with Crippen LogP contribution in [0.25, 0.3) is 0 Å². The van der Waals surface area contributed by atoms with Crippen LogP contribution in [0.1, 0.15) is 151 Å². The topological polar surface area (TPSA) is 141 Å². The Morgan fingerprint density at radius 1 is 0.544 bits per heavy atom. The molecule has 1 fully saturated rings. The number of aliphatic hydroxyl groups excluding tert-OH is 2. The van der Waals surface area contributed by atoms with Crippen LogP contribution >= 0.6 is 0 Å². The molecule has 0 bridgehead atoms. The second-order valence-electron chi connectivity index (χ2n) is 18.5. The summed E-state index contributed by atoms with van der Waals surface area (Å²) in [5, 5.41) is 24.7. The van der Waals surface area contributed by atoms with Crippen molar-refractivity contribution in [3.05, 3.63) is 144 Å². The van der Waals surface area contributed by atoms with Gasteiger partial charge in [-0.3, -0.25) is 14.4 Å². The first-order valence-corrected chi connectivity index (χ1v) is 25.8. The smallest absolute Gasteiger partial charge is 0.306 e. The van der Waals surface area contributed by atoms with Gasteiger partial charge in [-0.25, -0.2) is 0 Å². The van der Waals surface area contributed by atoms with Crippen molar-refractivity contribution in [2.45, 2.75) is 191 Å². The van der Waals surface area contributed by atoms with E-state index in [1.165, 1.54) is 16.7 Å². The highest BCUT2D eigenvalue weighted by Crippen LogP contribution is 2.27. The minimum Gasteiger partial charge on any atom is -0.462 e. The average molecular weight is 934 g/mol. The number of carbonyl (C=O) groups excluding carboxylic acids is 3. The largest absolute Gasteiger partial charge is 0.462 e. The highest BCUT2D eigenvalue weighted by Gasteiger charge is 2.48. The van der Waals surface area contributed by atoms with Crippen molar-refractivity contribution < 1.29 is 43.5 Å². The molecule has 1 aliphatic heterocycles. The average Bonchev–Trinajstić information content (AvgIpc) is 3.36. The van der Waals surface area contributed by atoms with Gasteiger partial charge in [-0.05, 0) is 86.5 Å². The van der Waals surface area contributed by atoms with Gasteiger partial charge >= 0.3 is 11.9 Å². The van der Waals surface area contributed by atoms with Gasteiger partial charge < -0.3 is 34.5 Å². The lowest BCUT2D eigenvalue weighted by molar-refractivity contribution is -0.276. The molecule has 0 aromatic heterocycles. The fourth-order valence-electron chi connectivity index (χ4n) is 8.97. The third-order valence-electron chi connectivity index (χ3n) is 12.9. The maximum Gasteiger partial charge on any atom is 0.306 e. The lowest BCUT2D eigenvalue weighted by atomic mass is 9.96. The summed E-state index contributed by atoms with van der Waals surface area (Å²) in [5.41, 5.74) is 4.86. The molecule has 0 aliphatic carbocycles. The summed E-state index contributed by atoms with van der Waals surface area (Å²) >= 11 is 0. The van der Waals surface area contributed by atoms with E-state index in [9.17, 15) is 24.6 Å². The van der Waals surface area contributed by atoms with E-state index in [4.69, 9.17) is 18.9 Å². The summed E-state index contributed by atoms with van der Waals surface area (Å²) < 4.78 is 24.3. The van der Waals surface area contributed by atoms with Crippen LogP contribution in [-0.2, 0) is 59.2 Å². The molecule has 4 aromatic rings. The maximum absolute atomic E-state index is 14.1. The standard InChI is InChI=1S/C58H79NO9/c60-44-51-56(64)57(68-54(63)42-28-8-4-2-6-16-30-47-34-20-12-21-35-47)55(58(67-51)65-45-49-38-24-14-25-39-49)59-52(61)43-50(40-26-10-9-17-31-48-36-22-13-23-37-48)66-53(62)41-27-7-3-1-5-15-29-46-32-18-11-19-33-46/h11-14,18-25,32-39,50-51,55-58,60,64H,1-10,15-17,26-31,40-45H2,(H,59,61)/t50-,51-,55-,56-,57-,58-/m1/s1. The Hall–Kier alpha value is -4.87. The summed E-state index contributed by atoms with van der Waals surface area (Å²) in [4.78, 5) is 40.8. The molecule has 370 valence electrons. The first-order valence-electron chi connectivity index (χ1n) is 25.8. The highest BCUT2D eigenvalue weighted by atomic mass is 16.7. The van der Waals surface area contributed by atoms with Crippen LogP contribution in [0.2, 0.25) is 0 Å². The van der Waals surface area contributed by atoms with Crippen molar-refractivity contribution in [1.29, 1.82) is 0 Å². The zero-order chi connectivity index (χ0) is 47.9. The number of hydrogen-bond acceptors (Lipinski definition) is 9. The van der Waals surface area contributed by atoms with Gasteiger partial charge in [-0.1, -0.05) is 186 Å². The van der Waals surface area contributed by atoms with Gasteiger partial charge in [-0.2, -0.15) is 0 Å². The number of ether oxygens (including phenoxy) is 4. The van der Waals surface area contributed by atoms with Crippen LogP contribution in [0.5, 0.6) is 0 Å². The van der Waals surface area contributed by atoms with E-state index < -0.39 is 55.2 Å². The number of hydrogen-bond donors (Lipinski definition) is 3. The number of aliphatic hydroxyl groups is 2. The van der Waals surface area contributed by atoms with E-state index in [-0.39, 0.29) is 31.8 Å². The lowest BCUT2D eigenvalue weighted by Gasteiger charge is -2.43. The molecule has 4 aromatic carbocycles. The van der Waals surface area contributed by atoms with Crippen molar-refractivity contribution in [2.24, 2.45) is 0 Å². The van der Waals surface area contributed by atoms with Gasteiger partial charge in [0, 0.05) is 12.8 Å². The van der Waals surface area contributed by atoms with E-state index in [1.54, 1.807) is 0 Å². The van der Waals surface area contributed by atoms with E-state index in [0.29, 0.717) is 12.8 Å². The molecule has 1 heterocycles. The summed E-state index contributed by atoms with van der Waals surface area (Å²) in [6.07, 6.45) is 14.0. The number of aryl methyl sites for hydroxylation is 3. The number of unbranched alkanes of at least 4 members (excludes halogenated alkanes) is 13. The van der Waals surface area contributed by atoms with Crippen molar-refractivity contribution in [2.75, 3.05) is 6.61 Å². The fraction of sp³-hybridized carbons (Fsp3) is 0.534. The van der Waals surface area contributed by atoms with Crippen molar-refractivity contribution >= 4 is 17.8 Å². The Labute approximate surface area is 406 Å². The van der Waals surface area contributed by atoms with Gasteiger partial charge in [-0.15, -0.1) is 0 Å². The summed E-state index contributed by atoms with van der Waals surface area (Å²) in [6, 6.07) is 39.8. The lowest BCUT2D eigenvalue weighted by Crippen LogP contribution is -2.66. The predicted octanol–water partition coefficient (Wildman–Crippen LogP) is 11.1. The summed E-state index contributed by atoms with van der Waals surface area (Å²) in [6.45, 7) is -0.445. The minimum atomic E-state index is -1.44. The van der Waals surface area contributed by atoms with Gasteiger partial charge in [0.15, 0.2) is 12.4 Å². The molecular weight excluding hydrogens is 855 g/mol. The van der Waals surface area contributed by atoms with Crippen LogP contribution in [0, 0.1) is 0 Å². The molecule has 10 heteroatoms. The number of nitrogens with one attached hydrogen (secondary N) is 1. The van der Waals surface area contributed by atoms with E-state index in [0.717, 1.165) is 121 Å². The minimum absolute atomic E-state index is 0.107. The monoisotopic (exact) mass is 934 g/mol. The molecule has 0 saturated carbocycles. The molecule has 5 rings (SSSR count). The third kappa shape index (κ3) is 21.6. The number of carbonyl (C=O) groups is 3. The molecule has 1 amide bonds. The van der Waals surface area contributed by atoms with Gasteiger partial charge in [0.2, 0.25) is 5.91 Å². The third-order valence-corrected chi connectivity index (χ3v) is 12.9. The van der Waals surface area contributed by atoms with Crippen molar-refractivity contribution in [3.63, 3.8) is 0 Å². The summed E-state index contributed by atoms with van der Waals surface area (Å²) in [5.74, 6) is -1.28. The normalized spacial score (nSPS) is 18.4. The Morgan fingerprint density at radius 3 is 1.46 bits per heavy atom. The molecule has 3 N–H and O–H groups in total. The Kier molecular flexibility index (Phi) is 26.1. The molecule has 0 radical (unpaired) electrons. The molecule has 1 aliphatic rings. The number of rotatable bonds is 34. The van der Waals surface area contributed by atoms with Gasteiger partial charge in [0.05, 0.1) is 19.6 Å². The number of amides is 1. The molecule has 0 unspecified atom stereocenters. The molecule has 1 saturated heterocycles. The van der Waals surface area contributed by atoms with Gasteiger partial charge in [0.1, 0.15) is 24.4 Å². The second-order valence-corrected chi connectivity index (χ2v) is 18.5. The maximum atomic E-state index is 14.1. The first-order chi connectivity index (χ1) is 33.4. The SMILES string of the molecule is O=C(C[C@@H](CCCCCCc1ccccc1)OC(=O)CCCCCCCCc1ccccc1)N[C@H]1[C@H](OCc2ccccc2)O[C@H](CO)[C@@H](O)[C@@H]1OC(=O)CCCCCCCCc1ccccc1. The van der Waals surface area contributed by atoms with E-state index >= 15 is 0 Å². The van der Waals surface area contributed by atoms with Crippen LogP contribution in [0.3, 0.4) is 0 Å². The van der Waals surface area contributed by atoms with E-state index in [1.807, 2.05) is 48.5 Å². The molecule has 6 atom stereocenters. The van der Waals surface area contributed by atoms with Gasteiger partial charge in [0.25, 0.3) is 0 Å². The zero-order valence-electron chi connectivity index (χ0n) is 40.4. The second kappa shape index (κ2) is 32.8. The number of esters is 2. The molecular formula is C58H79NO9. The zero-order valence-corrected chi connectivity index (χ0v) is 40.4. The van der Waals surface area contributed by atoms with Crippen LogP contribution in [0.15, 0.2) is 121 Å². The molecule has 0 spiro atoms. The molecule has 68 heavy (non-hydrogen) atoms. The number of benzene rings is 4. The highest BCUT2D eigenvalue weighted by molar-refractivity contribution is 5.78. The molecule has 10 nitrogen and oxygen atoms in total. The van der Waals surface area contributed by atoms with Crippen LogP contribution in [-0.4, -0.2) is 71.4 Å². The van der Waals surface area contributed by atoms with Crippen molar-refractivity contribution in [1.82, 2.24) is 5.32 Å². The quantitative estimate of drug-likeness (QED) is 0.0308. The predicted molar refractivity (Wildman–Crippen MR) is 267 cm³/mol. The Balaban J connectivity index is 1.15. The Morgan fingerprint density at radius 2 is 0.971 bits per heavy atom. The Bertz CT molecular complexity index is 1930. The first kappa shape index (κ1) is 54.1. The summed E-state index contributed by atoms with van der Waals surface area (Å²) in [7, 11) is 0.